The van der Waals surface area contributed by atoms with Crippen LogP contribution in [-0.2, 0) is 21.9 Å². The van der Waals surface area contributed by atoms with Crippen LogP contribution in [0.2, 0.25) is 0 Å². The maximum absolute atomic E-state index is 10.6. The zero-order chi connectivity index (χ0) is 20.3. The third-order valence-electron chi connectivity index (χ3n) is 4.84. The van der Waals surface area contributed by atoms with E-state index in [4.69, 9.17) is 14.2 Å². The molecule has 0 saturated carbocycles. The molecular weight excluding hydrogens is 432 g/mol. The number of halogens is 1. The Morgan fingerprint density at radius 3 is 2.43 bits per heavy atom. The first-order valence-electron chi connectivity index (χ1n) is 8.77. The van der Waals surface area contributed by atoms with Gasteiger partial charge in [0.2, 0.25) is 5.79 Å². The maximum atomic E-state index is 10.6. The van der Waals surface area contributed by atoms with Crippen molar-refractivity contribution in [1.29, 1.82) is 0 Å². The molecule has 2 unspecified atom stereocenters. The maximum Gasteiger partial charge on any atom is 0.224 e. The molecule has 2 aromatic carbocycles. The van der Waals surface area contributed by atoms with Crippen molar-refractivity contribution in [3.63, 3.8) is 0 Å². The van der Waals surface area contributed by atoms with Crippen LogP contribution in [0.3, 0.4) is 0 Å². The van der Waals surface area contributed by atoms with Crippen molar-refractivity contribution in [2.24, 2.45) is 0 Å². The molecule has 1 aliphatic rings. The highest BCUT2D eigenvalue weighted by atomic mass is 79.9. The fraction of sp³-hybridized carbons (Fsp3) is 0.400. The summed E-state index contributed by atoms with van der Waals surface area (Å²) in [6, 6.07) is 14.5. The van der Waals surface area contributed by atoms with Crippen molar-refractivity contribution >= 4 is 15.9 Å². The Morgan fingerprint density at radius 2 is 1.79 bits per heavy atom. The molecule has 152 valence electrons. The van der Waals surface area contributed by atoms with Crippen molar-refractivity contribution in [1.82, 2.24) is 0 Å². The van der Waals surface area contributed by atoms with E-state index in [-0.39, 0.29) is 6.61 Å². The van der Waals surface area contributed by atoms with Gasteiger partial charge < -0.3 is 34.6 Å². The smallest absolute Gasteiger partial charge is 0.224 e. The number of para-hydroxylation sites is 1. The van der Waals surface area contributed by atoms with Gasteiger partial charge in [-0.25, -0.2) is 0 Å². The van der Waals surface area contributed by atoms with Crippen molar-refractivity contribution in [3.8, 4) is 5.75 Å². The molecule has 4 N–H and O–H groups in total. The molecular formula is C20H23BrO7. The van der Waals surface area contributed by atoms with Crippen LogP contribution in [0.5, 0.6) is 5.75 Å². The van der Waals surface area contributed by atoms with Crippen LogP contribution in [0, 0.1) is 0 Å². The largest absolute Gasteiger partial charge is 0.489 e. The average Bonchev–Trinajstić information content (AvgIpc) is 2.73. The van der Waals surface area contributed by atoms with Gasteiger partial charge in [-0.3, -0.25) is 0 Å². The van der Waals surface area contributed by atoms with Crippen LogP contribution < -0.4 is 4.74 Å². The Morgan fingerprint density at radius 1 is 1.07 bits per heavy atom. The second-order valence-corrected chi connectivity index (χ2v) is 7.40. The monoisotopic (exact) mass is 454 g/mol. The minimum absolute atomic E-state index is 0.239. The fourth-order valence-corrected chi connectivity index (χ4v) is 3.61. The standard InChI is InChI=1S/C20H23BrO7/c1-26-20(19(25)18(24)17(23)16(10-22)28-20)13-7-8-15(21)12(9-13)11-27-14-5-3-2-4-6-14/h2-9,16-19,22-25H,10-11H2,1H3/t16?,17-,18+,19-,20?/m1/s1. The van der Waals surface area contributed by atoms with Gasteiger partial charge in [0.15, 0.2) is 0 Å². The summed E-state index contributed by atoms with van der Waals surface area (Å²) in [5.41, 5.74) is 1.18. The molecule has 1 heterocycles. The Bertz CT molecular complexity index is 785. The molecule has 7 nitrogen and oxygen atoms in total. The predicted molar refractivity (Wildman–Crippen MR) is 104 cm³/mol. The lowest BCUT2D eigenvalue weighted by atomic mass is 9.87. The van der Waals surface area contributed by atoms with Crippen LogP contribution in [-0.4, -0.2) is 58.6 Å². The molecule has 0 amide bonds. The first kappa shape index (κ1) is 21.2. The molecule has 8 heteroatoms. The van der Waals surface area contributed by atoms with E-state index in [1.807, 2.05) is 30.3 Å². The summed E-state index contributed by atoms with van der Waals surface area (Å²) < 4.78 is 17.8. The quantitative estimate of drug-likeness (QED) is 0.520. The summed E-state index contributed by atoms with van der Waals surface area (Å²) in [4.78, 5) is 0. The van der Waals surface area contributed by atoms with E-state index in [1.54, 1.807) is 18.2 Å². The average molecular weight is 455 g/mol. The second-order valence-electron chi connectivity index (χ2n) is 6.54. The lowest BCUT2D eigenvalue weighted by Gasteiger charge is -2.47. The second kappa shape index (κ2) is 8.87. The molecule has 1 aliphatic heterocycles. The van der Waals surface area contributed by atoms with Gasteiger partial charge in [0.1, 0.15) is 36.8 Å². The molecule has 28 heavy (non-hydrogen) atoms. The highest BCUT2D eigenvalue weighted by molar-refractivity contribution is 9.10. The number of hydrogen-bond donors (Lipinski definition) is 4. The van der Waals surface area contributed by atoms with E-state index in [2.05, 4.69) is 15.9 Å². The normalized spacial score (nSPS) is 30.2. The highest BCUT2D eigenvalue weighted by Crippen LogP contribution is 2.40. The third-order valence-corrected chi connectivity index (χ3v) is 5.61. The summed E-state index contributed by atoms with van der Waals surface area (Å²) in [5.74, 6) is -1.05. The van der Waals surface area contributed by atoms with Crippen molar-refractivity contribution in [2.45, 2.75) is 36.8 Å². The van der Waals surface area contributed by atoms with Crippen molar-refractivity contribution in [2.75, 3.05) is 13.7 Å². The molecule has 0 aromatic heterocycles. The van der Waals surface area contributed by atoms with E-state index in [9.17, 15) is 20.4 Å². The number of aliphatic hydroxyl groups is 4. The minimum atomic E-state index is -1.76. The van der Waals surface area contributed by atoms with Gasteiger partial charge in [-0.1, -0.05) is 40.2 Å². The van der Waals surface area contributed by atoms with E-state index < -0.39 is 36.8 Å². The molecule has 1 saturated heterocycles. The molecule has 0 radical (unpaired) electrons. The van der Waals surface area contributed by atoms with Gasteiger partial charge in [0.05, 0.1) is 6.61 Å². The molecule has 0 aliphatic carbocycles. The molecule has 0 spiro atoms. The molecule has 5 atom stereocenters. The van der Waals surface area contributed by atoms with E-state index in [1.165, 1.54) is 7.11 Å². The number of methoxy groups -OCH3 is 1. The Labute approximate surface area is 171 Å². The van der Waals surface area contributed by atoms with Gasteiger partial charge in [0.25, 0.3) is 0 Å². The number of hydrogen-bond acceptors (Lipinski definition) is 7. The third kappa shape index (κ3) is 3.95. The SMILES string of the molecule is COC1(c2ccc(Br)c(COc3ccccc3)c2)OC(CO)[C@@H](O)[C@H](O)[C@H]1O. The van der Waals surface area contributed by atoms with Gasteiger partial charge in [-0.15, -0.1) is 0 Å². The van der Waals surface area contributed by atoms with Gasteiger partial charge >= 0.3 is 0 Å². The van der Waals surface area contributed by atoms with E-state index in [0.29, 0.717) is 11.3 Å². The van der Waals surface area contributed by atoms with Gasteiger partial charge in [0, 0.05) is 22.7 Å². The number of benzene rings is 2. The Balaban J connectivity index is 1.92. The minimum Gasteiger partial charge on any atom is -0.489 e. The number of rotatable bonds is 6. The van der Waals surface area contributed by atoms with Gasteiger partial charge in [-0.2, -0.15) is 0 Å². The highest BCUT2D eigenvalue weighted by Gasteiger charge is 2.55. The van der Waals surface area contributed by atoms with Crippen molar-refractivity contribution < 1.29 is 34.6 Å². The van der Waals surface area contributed by atoms with E-state index >= 15 is 0 Å². The van der Waals surface area contributed by atoms with Crippen LogP contribution in [0.4, 0.5) is 0 Å². The van der Waals surface area contributed by atoms with Crippen LogP contribution in [0.15, 0.2) is 53.0 Å². The first-order valence-corrected chi connectivity index (χ1v) is 9.57. The lowest BCUT2D eigenvalue weighted by molar-refractivity contribution is -0.366. The fourth-order valence-electron chi connectivity index (χ4n) is 3.25. The molecule has 3 rings (SSSR count). The number of ether oxygens (including phenoxy) is 3. The molecule has 1 fully saturated rings. The molecule has 2 aromatic rings. The zero-order valence-corrected chi connectivity index (χ0v) is 16.8. The Kier molecular flexibility index (Phi) is 6.72. The summed E-state index contributed by atoms with van der Waals surface area (Å²) in [7, 11) is 1.32. The predicted octanol–water partition coefficient (Wildman–Crippen LogP) is 1.30. The summed E-state index contributed by atoms with van der Waals surface area (Å²) in [6.45, 7) is -0.306. The number of aliphatic hydroxyl groups excluding tert-OH is 4. The van der Waals surface area contributed by atoms with Crippen LogP contribution in [0.1, 0.15) is 11.1 Å². The van der Waals surface area contributed by atoms with Gasteiger partial charge in [-0.05, 0) is 24.3 Å². The first-order chi connectivity index (χ1) is 13.4. The molecule has 0 bridgehead atoms. The summed E-state index contributed by atoms with van der Waals surface area (Å²) in [6.07, 6.45) is -5.69. The van der Waals surface area contributed by atoms with Crippen LogP contribution in [0.25, 0.3) is 0 Å². The lowest BCUT2D eigenvalue weighted by Crippen LogP contribution is -2.64. The summed E-state index contributed by atoms with van der Waals surface area (Å²) >= 11 is 3.48. The Hall–Kier alpha value is -1.52. The van der Waals surface area contributed by atoms with E-state index in [0.717, 1.165) is 10.0 Å². The zero-order valence-electron chi connectivity index (χ0n) is 15.2. The van der Waals surface area contributed by atoms with Crippen LogP contribution >= 0.6 is 15.9 Å². The topological polar surface area (TPSA) is 109 Å². The van der Waals surface area contributed by atoms with Crippen molar-refractivity contribution in [3.05, 3.63) is 64.1 Å². The summed E-state index contributed by atoms with van der Waals surface area (Å²) in [5, 5.41) is 40.4.